The molecular formula is C12H22N4O3. The molecule has 0 aliphatic rings. The number of hydrogen-bond donors (Lipinski definition) is 2. The second kappa shape index (κ2) is 6.53. The molecule has 0 radical (unpaired) electrons. The maximum Gasteiger partial charge on any atom is 0.229 e. The SMILES string of the molecule is COc1cc(OC)nc(NCC(C)(O)CN(C)C)n1. The van der Waals surface area contributed by atoms with Crippen molar-refractivity contribution in [1.82, 2.24) is 14.9 Å². The molecule has 0 bridgehead atoms. The molecule has 7 nitrogen and oxygen atoms in total. The van der Waals surface area contributed by atoms with Gasteiger partial charge in [0.25, 0.3) is 0 Å². The smallest absolute Gasteiger partial charge is 0.229 e. The van der Waals surface area contributed by atoms with Gasteiger partial charge in [0.1, 0.15) is 0 Å². The first-order chi connectivity index (χ1) is 8.86. The summed E-state index contributed by atoms with van der Waals surface area (Å²) < 4.78 is 10.1. The van der Waals surface area contributed by atoms with Gasteiger partial charge in [-0.3, -0.25) is 0 Å². The average molecular weight is 270 g/mol. The Hall–Kier alpha value is -1.60. The van der Waals surface area contributed by atoms with E-state index in [1.165, 1.54) is 14.2 Å². The van der Waals surface area contributed by atoms with E-state index in [9.17, 15) is 5.11 Å². The Balaban J connectivity index is 2.71. The number of anilines is 1. The Labute approximate surface area is 113 Å². The number of ether oxygens (including phenoxy) is 2. The third kappa shape index (κ3) is 5.27. The predicted molar refractivity (Wildman–Crippen MR) is 72.8 cm³/mol. The van der Waals surface area contributed by atoms with Gasteiger partial charge in [0.2, 0.25) is 17.7 Å². The van der Waals surface area contributed by atoms with Crippen molar-refractivity contribution in [3.8, 4) is 11.8 Å². The molecule has 1 aromatic heterocycles. The van der Waals surface area contributed by atoms with Gasteiger partial charge in [-0.15, -0.1) is 0 Å². The van der Waals surface area contributed by atoms with Gasteiger partial charge < -0.3 is 24.8 Å². The lowest BCUT2D eigenvalue weighted by Crippen LogP contribution is -2.43. The molecule has 0 saturated carbocycles. The first kappa shape index (κ1) is 15.5. The molecule has 0 aromatic carbocycles. The third-order valence-corrected chi connectivity index (χ3v) is 2.38. The van der Waals surface area contributed by atoms with Crippen LogP contribution in [0, 0.1) is 0 Å². The fourth-order valence-electron chi connectivity index (χ4n) is 1.70. The summed E-state index contributed by atoms with van der Waals surface area (Å²) in [6.45, 7) is 2.60. The molecular weight excluding hydrogens is 248 g/mol. The standard InChI is InChI=1S/C12H22N4O3/c1-12(17,8-16(2)3)7-13-11-14-9(18-4)6-10(15-11)19-5/h6,17H,7-8H2,1-5H3,(H,13,14,15). The Bertz CT molecular complexity index is 388. The van der Waals surface area contributed by atoms with Crippen LogP contribution in [-0.4, -0.2) is 67.0 Å². The third-order valence-electron chi connectivity index (χ3n) is 2.38. The first-order valence-corrected chi connectivity index (χ1v) is 5.94. The molecule has 0 aliphatic carbocycles. The fraction of sp³-hybridized carbons (Fsp3) is 0.667. The highest BCUT2D eigenvalue weighted by atomic mass is 16.5. The second-order valence-corrected chi connectivity index (χ2v) is 4.86. The van der Waals surface area contributed by atoms with Gasteiger partial charge >= 0.3 is 0 Å². The molecule has 0 amide bonds. The Morgan fingerprint density at radius 2 is 1.79 bits per heavy atom. The molecule has 7 heteroatoms. The highest BCUT2D eigenvalue weighted by molar-refractivity contribution is 5.33. The number of methoxy groups -OCH3 is 2. The van der Waals surface area contributed by atoms with Crippen molar-refractivity contribution in [1.29, 1.82) is 0 Å². The van der Waals surface area contributed by atoms with Crippen LogP contribution >= 0.6 is 0 Å². The maximum absolute atomic E-state index is 10.2. The van der Waals surface area contributed by atoms with Crippen molar-refractivity contribution in [3.63, 3.8) is 0 Å². The molecule has 0 spiro atoms. The number of nitrogens with one attached hydrogen (secondary N) is 1. The summed E-state index contributed by atoms with van der Waals surface area (Å²) >= 11 is 0. The van der Waals surface area contributed by atoms with E-state index in [1.807, 2.05) is 19.0 Å². The molecule has 1 rings (SSSR count). The van der Waals surface area contributed by atoms with Crippen LogP contribution < -0.4 is 14.8 Å². The summed E-state index contributed by atoms with van der Waals surface area (Å²) in [4.78, 5) is 10.2. The fourth-order valence-corrected chi connectivity index (χ4v) is 1.70. The van der Waals surface area contributed by atoms with Crippen LogP contribution in [0.2, 0.25) is 0 Å². The number of likely N-dealkylation sites (N-methyl/N-ethyl adjacent to an activating group) is 1. The summed E-state index contributed by atoms with van der Waals surface area (Å²) in [5.74, 6) is 1.17. The van der Waals surface area contributed by atoms with Crippen LogP contribution in [0.25, 0.3) is 0 Å². The summed E-state index contributed by atoms with van der Waals surface area (Å²) in [5.41, 5.74) is -0.886. The molecule has 1 heterocycles. The number of nitrogens with zero attached hydrogens (tertiary/aromatic N) is 3. The van der Waals surface area contributed by atoms with Crippen molar-refractivity contribution in [2.24, 2.45) is 0 Å². The van der Waals surface area contributed by atoms with Gasteiger partial charge in [-0.05, 0) is 21.0 Å². The Kier molecular flexibility index (Phi) is 5.31. The molecule has 0 aliphatic heterocycles. The van der Waals surface area contributed by atoms with E-state index in [-0.39, 0.29) is 0 Å². The average Bonchev–Trinajstić information content (AvgIpc) is 2.34. The van der Waals surface area contributed by atoms with Crippen molar-refractivity contribution in [3.05, 3.63) is 6.07 Å². The molecule has 108 valence electrons. The van der Waals surface area contributed by atoms with Crippen molar-refractivity contribution in [2.75, 3.05) is 46.7 Å². The largest absolute Gasteiger partial charge is 0.481 e. The molecule has 19 heavy (non-hydrogen) atoms. The van der Waals surface area contributed by atoms with Crippen LogP contribution in [0.1, 0.15) is 6.92 Å². The minimum atomic E-state index is -0.886. The van der Waals surface area contributed by atoms with Crippen LogP contribution in [0.3, 0.4) is 0 Å². The number of rotatable bonds is 7. The topological polar surface area (TPSA) is 79.7 Å². The first-order valence-electron chi connectivity index (χ1n) is 5.94. The van der Waals surface area contributed by atoms with Crippen LogP contribution in [0.15, 0.2) is 6.07 Å². The van der Waals surface area contributed by atoms with Gasteiger partial charge in [0, 0.05) is 13.1 Å². The van der Waals surface area contributed by atoms with E-state index in [4.69, 9.17) is 9.47 Å². The lowest BCUT2D eigenvalue weighted by molar-refractivity contribution is 0.0458. The Morgan fingerprint density at radius 1 is 1.26 bits per heavy atom. The summed E-state index contributed by atoms with van der Waals surface area (Å²) in [6, 6.07) is 1.59. The zero-order valence-electron chi connectivity index (χ0n) is 12.1. The summed E-state index contributed by atoms with van der Waals surface area (Å²) in [5, 5.41) is 13.2. The highest BCUT2D eigenvalue weighted by Gasteiger charge is 2.21. The molecule has 2 N–H and O–H groups in total. The van der Waals surface area contributed by atoms with Gasteiger partial charge in [-0.25, -0.2) is 0 Å². The van der Waals surface area contributed by atoms with E-state index in [0.29, 0.717) is 30.8 Å². The van der Waals surface area contributed by atoms with E-state index in [0.717, 1.165) is 0 Å². The van der Waals surface area contributed by atoms with Crippen LogP contribution in [0.4, 0.5) is 5.95 Å². The van der Waals surface area contributed by atoms with Crippen LogP contribution in [-0.2, 0) is 0 Å². The summed E-state index contributed by atoms with van der Waals surface area (Å²) in [7, 11) is 6.85. The van der Waals surface area contributed by atoms with Gasteiger partial charge in [-0.1, -0.05) is 0 Å². The van der Waals surface area contributed by atoms with Crippen molar-refractivity contribution in [2.45, 2.75) is 12.5 Å². The van der Waals surface area contributed by atoms with Crippen molar-refractivity contribution < 1.29 is 14.6 Å². The molecule has 1 aromatic rings. The minimum absolute atomic E-state index is 0.321. The lowest BCUT2D eigenvalue weighted by atomic mass is 10.1. The predicted octanol–water partition coefficient (Wildman–Crippen LogP) is 0.218. The monoisotopic (exact) mass is 270 g/mol. The molecule has 1 atom stereocenters. The number of aliphatic hydroxyl groups is 1. The molecule has 0 saturated heterocycles. The number of hydrogen-bond acceptors (Lipinski definition) is 7. The minimum Gasteiger partial charge on any atom is -0.481 e. The van der Waals surface area contributed by atoms with Gasteiger partial charge in [0.05, 0.1) is 25.9 Å². The second-order valence-electron chi connectivity index (χ2n) is 4.86. The number of aromatic nitrogens is 2. The van der Waals surface area contributed by atoms with Gasteiger partial charge in [0.15, 0.2) is 0 Å². The summed E-state index contributed by atoms with van der Waals surface area (Å²) in [6.07, 6.45) is 0. The van der Waals surface area contributed by atoms with E-state index in [1.54, 1.807) is 13.0 Å². The van der Waals surface area contributed by atoms with E-state index in [2.05, 4.69) is 15.3 Å². The quantitative estimate of drug-likeness (QED) is 0.733. The lowest BCUT2D eigenvalue weighted by Gasteiger charge is -2.27. The van der Waals surface area contributed by atoms with Crippen molar-refractivity contribution >= 4 is 5.95 Å². The van der Waals surface area contributed by atoms with Gasteiger partial charge in [-0.2, -0.15) is 9.97 Å². The Morgan fingerprint density at radius 3 is 2.21 bits per heavy atom. The zero-order chi connectivity index (χ0) is 14.5. The maximum atomic E-state index is 10.2. The molecule has 1 unspecified atom stereocenters. The molecule has 0 fully saturated rings. The normalized spacial score (nSPS) is 14.1. The van der Waals surface area contributed by atoms with E-state index < -0.39 is 5.60 Å². The highest BCUT2D eigenvalue weighted by Crippen LogP contribution is 2.17. The van der Waals surface area contributed by atoms with Crippen LogP contribution in [0.5, 0.6) is 11.8 Å². The van der Waals surface area contributed by atoms with E-state index >= 15 is 0 Å². The zero-order valence-corrected chi connectivity index (χ0v) is 12.1.